The fraction of sp³-hybridized carbons (Fsp3) is 0.810. The molecule has 0 saturated heterocycles. The Hall–Kier alpha value is 0.140. The van der Waals surface area contributed by atoms with Crippen LogP contribution < -0.4 is 5.32 Å². The SMILES string of the molecule is CCCCCC(CCCCC)SCC1=CC(CNC)=CC(CS)C1. The van der Waals surface area contributed by atoms with Crippen molar-refractivity contribution in [3.63, 3.8) is 0 Å². The van der Waals surface area contributed by atoms with E-state index in [9.17, 15) is 0 Å². The van der Waals surface area contributed by atoms with E-state index in [-0.39, 0.29) is 0 Å². The summed E-state index contributed by atoms with van der Waals surface area (Å²) in [5, 5.41) is 4.15. The number of hydrogen-bond donors (Lipinski definition) is 2. The Kier molecular flexibility index (Phi) is 13.2. The molecule has 1 rings (SSSR count). The summed E-state index contributed by atoms with van der Waals surface area (Å²) in [5.41, 5.74) is 3.08. The van der Waals surface area contributed by atoms with E-state index in [0.717, 1.165) is 17.5 Å². The van der Waals surface area contributed by atoms with Crippen LogP contribution in [0.15, 0.2) is 23.3 Å². The van der Waals surface area contributed by atoms with Gasteiger partial charge < -0.3 is 5.32 Å². The molecule has 140 valence electrons. The monoisotopic (exact) mass is 369 g/mol. The number of thiol groups is 1. The lowest BCUT2D eigenvalue weighted by atomic mass is 9.92. The standard InChI is InChI=1S/C21H39NS2/c1-4-6-8-10-21(11-9-7-5-2)24-17-20-13-18(15-22-3)12-19(14-20)16-23/h12-13,19,21-23H,4-11,14-17H2,1-3H3. The molecule has 0 bridgehead atoms. The van der Waals surface area contributed by atoms with Gasteiger partial charge in [-0.1, -0.05) is 70.1 Å². The van der Waals surface area contributed by atoms with Gasteiger partial charge in [-0.05, 0) is 43.6 Å². The van der Waals surface area contributed by atoms with Crippen LogP contribution in [-0.4, -0.2) is 30.3 Å². The first-order valence-corrected chi connectivity index (χ1v) is 11.7. The normalized spacial score (nSPS) is 18.0. The molecule has 0 aromatic carbocycles. The van der Waals surface area contributed by atoms with Gasteiger partial charge in [0, 0.05) is 17.5 Å². The first kappa shape index (κ1) is 22.2. The number of nitrogens with one attached hydrogen (secondary N) is 1. The van der Waals surface area contributed by atoms with Crippen molar-refractivity contribution in [1.82, 2.24) is 5.32 Å². The minimum atomic E-state index is 0.621. The second kappa shape index (κ2) is 14.3. The van der Waals surface area contributed by atoms with Gasteiger partial charge in [0.1, 0.15) is 0 Å². The lowest BCUT2D eigenvalue weighted by Gasteiger charge is -2.23. The maximum atomic E-state index is 4.54. The molecule has 1 unspecified atom stereocenters. The van der Waals surface area contributed by atoms with Gasteiger partial charge in [0.15, 0.2) is 0 Å². The van der Waals surface area contributed by atoms with E-state index in [2.05, 4.69) is 55.7 Å². The number of likely N-dealkylation sites (N-methyl/N-ethyl adjacent to an activating group) is 1. The Bertz CT molecular complexity index is 366. The molecule has 0 amide bonds. The Morgan fingerprint density at radius 2 is 1.83 bits per heavy atom. The van der Waals surface area contributed by atoms with Crippen molar-refractivity contribution in [2.24, 2.45) is 5.92 Å². The predicted octanol–water partition coefficient (Wildman–Crippen LogP) is 6.27. The van der Waals surface area contributed by atoms with Crippen LogP contribution >= 0.6 is 24.4 Å². The van der Waals surface area contributed by atoms with Crippen LogP contribution in [0.1, 0.15) is 71.6 Å². The molecule has 24 heavy (non-hydrogen) atoms. The van der Waals surface area contributed by atoms with Crippen molar-refractivity contribution < 1.29 is 0 Å². The average Bonchev–Trinajstić information content (AvgIpc) is 2.59. The van der Waals surface area contributed by atoms with Crippen LogP contribution in [0, 0.1) is 5.92 Å². The third kappa shape index (κ3) is 9.58. The molecule has 0 saturated carbocycles. The molecule has 0 spiro atoms. The van der Waals surface area contributed by atoms with Gasteiger partial charge >= 0.3 is 0 Å². The molecule has 3 heteroatoms. The minimum absolute atomic E-state index is 0.621. The summed E-state index contributed by atoms with van der Waals surface area (Å²) in [6, 6.07) is 0. The van der Waals surface area contributed by atoms with Crippen molar-refractivity contribution in [2.45, 2.75) is 76.9 Å². The number of unbranched alkanes of at least 4 members (excludes halogenated alkanes) is 4. The molecule has 1 aliphatic rings. The second-order valence-electron chi connectivity index (χ2n) is 7.15. The largest absolute Gasteiger partial charge is 0.316 e. The van der Waals surface area contributed by atoms with Crippen LogP contribution in [0.2, 0.25) is 0 Å². The predicted molar refractivity (Wildman–Crippen MR) is 117 cm³/mol. The molecule has 0 aliphatic heterocycles. The lowest BCUT2D eigenvalue weighted by molar-refractivity contribution is 0.583. The highest BCUT2D eigenvalue weighted by Gasteiger charge is 2.16. The zero-order chi connectivity index (χ0) is 17.6. The summed E-state index contributed by atoms with van der Waals surface area (Å²) >= 11 is 6.76. The Labute approximate surface area is 160 Å². The molecule has 0 fully saturated rings. The molecule has 0 radical (unpaired) electrons. The zero-order valence-electron chi connectivity index (χ0n) is 16.2. The molecule has 1 atom stereocenters. The average molecular weight is 370 g/mol. The third-order valence-corrected chi connectivity index (χ3v) is 6.69. The highest BCUT2D eigenvalue weighted by Crippen LogP contribution is 2.30. The molecular weight excluding hydrogens is 330 g/mol. The Morgan fingerprint density at radius 1 is 1.17 bits per heavy atom. The second-order valence-corrected chi connectivity index (χ2v) is 8.80. The van der Waals surface area contributed by atoms with E-state index < -0.39 is 0 Å². The maximum Gasteiger partial charge on any atom is 0.0199 e. The van der Waals surface area contributed by atoms with E-state index in [1.165, 1.54) is 69.1 Å². The molecule has 0 aromatic rings. The van der Waals surface area contributed by atoms with Gasteiger partial charge in [-0.3, -0.25) is 0 Å². The van der Waals surface area contributed by atoms with Gasteiger partial charge in [0.25, 0.3) is 0 Å². The number of rotatable bonds is 14. The van der Waals surface area contributed by atoms with Crippen LogP contribution in [0.4, 0.5) is 0 Å². The minimum Gasteiger partial charge on any atom is -0.316 e. The van der Waals surface area contributed by atoms with Crippen LogP contribution in [0.5, 0.6) is 0 Å². The van der Waals surface area contributed by atoms with Gasteiger partial charge in [0.05, 0.1) is 0 Å². The summed E-state index contributed by atoms with van der Waals surface area (Å²) in [6.07, 6.45) is 17.1. The topological polar surface area (TPSA) is 12.0 Å². The first-order valence-electron chi connectivity index (χ1n) is 10.0. The maximum absolute atomic E-state index is 4.54. The van der Waals surface area contributed by atoms with E-state index in [0.29, 0.717) is 5.92 Å². The molecular formula is C21H39NS2. The van der Waals surface area contributed by atoms with E-state index in [1.54, 1.807) is 5.57 Å². The van der Waals surface area contributed by atoms with Crippen LogP contribution in [-0.2, 0) is 0 Å². The highest BCUT2D eigenvalue weighted by atomic mass is 32.2. The Balaban J connectivity index is 2.51. The van der Waals surface area contributed by atoms with Crippen LogP contribution in [0.25, 0.3) is 0 Å². The molecule has 0 aromatic heterocycles. The smallest absolute Gasteiger partial charge is 0.0199 e. The number of hydrogen-bond acceptors (Lipinski definition) is 3. The van der Waals surface area contributed by atoms with Gasteiger partial charge in [-0.15, -0.1) is 0 Å². The Morgan fingerprint density at radius 3 is 2.38 bits per heavy atom. The van der Waals surface area contributed by atoms with Gasteiger partial charge in [-0.2, -0.15) is 24.4 Å². The summed E-state index contributed by atoms with van der Waals surface area (Å²) in [4.78, 5) is 0. The van der Waals surface area contributed by atoms with Gasteiger partial charge in [0.2, 0.25) is 0 Å². The van der Waals surface area contributed by atoms with E-state index >= 15 is 0 Å². The quantitative estimate of drug-likeness (QED) is 0.276. The van der Waals surface area contributed by atoms with E-state index in [1.807, 2.05) is 7.05 Å². The number of thioether (sulfide) groups is 1. The molecule has 0 heterocycles. The van der Waals surface area contributed by atoms with Crippen molar-refractivity contribution >= 4 is 24.4 Å². The first-order chi connectivity index (χ1) is 11.7. The molecule has 1 aliphatic carbocycles. The van der Waals surface area contributed by atoms with Crippen molar-refractivity contribution in [3.05, 3.63) is 23.3 Å². The van der Waals surface area contributed by atoms with Crippen molar-refractivity contribution in [1.29, 1.82) is 0 Å². The fourth-order valence-electron chi connectivity index (χ4n) is 3.38. The zero-order valence-corrected chi connectivity index (χ0v) is 17.9. The fourth-order valence-corrected chi connectivity index (χ4v) is 4.93. The third-order valence-electron chi connectivity index (χ3n) is 4.74. The lowest BCUT2D eigenvalue weighted by Crippen LogP contribution is -2.16. The summed E-state index contributed by atoms with van der Waals surface area (Å²) in [6.45, 7) is 5.59. The van der Waals surface area contributed by atoms with Crippen molar-refractivity contribution in [3.8, 4) is 0 Å². The molecule has 1 nitrogen and oxygen atoms in total. The van der Waals surface area contributed by atoms with Crippen LogP contribution in [0.3, 0.4) is 0 Å². The summed E-state index contributed by atoms with van der Waals surface area (Å²) < 4.78 is 0. The highest BCUT2D eigenvalue weighted by molar-refractivity contribution is 8.00. The van der Waals surface area contributed by atoms with Crippen molar-refractivity contribution in [2.75, 3.05) is 25.1 Å². The van der Waals surface area contributed by atoms with E-state index in [4.69, 9.17) is 0 Å². The molecule has 1 N–H and O–H groups in total. The summed E-state index contributed by atoms with van der Waals surface area (Å²) in [5.74, 6) is 2.80. The number of allylic oxidation sites excluding steroid dienone is 1. The summed E-state index contributed by atoms with van der Waals surface area (Å²) in [7, 11) is 2.03. The van der Waals surface area contributed by atoms with Gasteiger partial charge in [-0.25, -0.2) is 0 Å².